The minimum absolute atomic E-state index is 0.356. The standard InChI is InChI=1S/C11H11ClF5NO2S/c1-18(5-4-11(15,16)17)21(19,20)9-3-2-8(13)7(6-12)10(9)14/h2-3H,4-6H2,1H3. The van der Waals surface area contributed by atoms with Gasteiger partial charge >= 0.3 is 6.18 Å². The molecule has 0 aliphatic heterocycles. The molecule has 3 nitrogen and oxygen atoms in total. The highest BCUT2D eigenvalue weighted by molar-refractivity contribution is 7.89. The molecule has 1 aromatic carbocycles. The molecule has 21 heavy (non-hydrogen) atoms. The van der Waals surface area contributed by atoms with E-state index in [1.54, 1.807) is 0 Å². The summed E-state index contributed by atoms with van der Waals surface area (Å²) in [5.41, 5.74) is -0.651. The summed E-state index contributed by atoms with van der Waals surface area (Å²) in [4.78, 5) is -0.913. The van der Waals surface area contributed by atoms with E-state index >= 15 is 0 Å². The molecule has 0 N–H and O–H groups in total. The number of hydrogen-bond donors (Lipinski definition) is 0. The van der Waals surface area contributed by atoms with Crippen LogP contribution in [0.3, 0.4) is 0 Å². The number of nitrogens with zero attached hydrogens (tertiary/aromatic N) is 1. The lowest BCUT2D eigenvalue weighted by molar-refractivity contribution is -0.135. The minimum Gasteiger partial charge on any atom is -0.207 e. The van der Waals surface area contributed by atoms with Crippen molar-refractivity contribution < 1.29 is 30.4 Å². The van der Waals surface area contributed by atoms with Crippen LogP contribution in [0.1, 0.15) is 12.0 Å². The van der Waals surface area contributed by atoms with Gasteiger partial charge in [-0.1, -0.05) is 0 Å². The predicted octanol–water partition coefficient (Wildman–Crippen LogP) is 3.28. The smallest absolute Gasteiger partial charge is 0.207 e. The SMILES string of the molecule is CN(CCC(F)(F)F)S(=O)(=O)c1ccc(F)c(CCl)c1F. The van der Waals surface area contributed by atoms with E-state index < -0.39 is 57.1 Å². The molecule has 0 unspecified atom stereocenters. The Kier molecular flexibility index (Phi) is 5.57. The molecule has 0 saturated carbocycles. The maximum absolute atomic E-state index is 13.9. The third-order valence-corrected chi connectivity index (χ3v) is 4.82. The second-order valence-electron chi connectivity index (χ2n) is 4.16. The van der Waals surface area contributed by atoms with Gasteiger partial charge in [0, 0.05) is 19.2 Å². The lowest BCUT2D eigenvalue weighted by atomic mass is 10.2. The van der Waals surface area contributed by atoms with Crippen LogP contribution < -0.4 is 0 Å². The van der Waals surface area contributed by atoms with Crippen molar-refractivity contribution in [3.8, 4) is 0 Å². The van der Waals surface area contributed by atoms with Gasteiger partial charge in [0.25, 0.3) is 0 Å². The maximum atomic E-state index is 13.9. The molecule has 0 bridgehead atoms. The third kappa shape index (κ3) is 4.27. The van der Waals surface area contributed by atoms with E-state index in [0.717, 1.165) is 7.05 Å². The minimum atomic E-state index is -4.55. The molecule has 0 aliphatic carbocycles. The van der Waals surface area contributed by atoms with Crippen molar-refractivity contribution in [3.63, 3.8) is 0 Å². The lowest BCUT2D eigenvalue weighted by Crippen LogP contribution is -2.31. The van der Waals surface area contributed by atoms with Gasteiger partial charge in [-0.05, 0) is 12.1 Å². The Balaban J connectivity index is 3.14. The van der Waals surface area contributed by atoms with Gasteiger partial charge in [-0.25, -0.2) is 21.5 Å². The van der Waals surface area contributed by atoms with E-state index in [-0.39, 0.29) is 0 Å². The van der Waals surface area contributed by atoms with Crippen molar-refractivity contribution in [1.29, 1.82) is 0 Å². The zero-order chi connectivity index (χ0) is 16.4. The first-order valence-corrected chi connectivity index (χ1v) is 7.54. The van der Waals surface area contributed by atoms with Crippen LogP contribution in [-0.2, 0) is 15.9 Å². The summed E-state index contributed by atoms with van der Waals surface area (Å²) in [6, 6.07) is 1.35. The van der Waals surface area contributed by atoms with Crippen LogP contribution >= 0.6 is 11.6 Å². The number of hydrogen-bond acceptors (Lipinski definition) is 2. The Morgan fingerprint density at radius 3 is 2.29 bits per heavy atom. The monoisotopic (exact) mass is 351 g/mol. The zero-order valence-corrected chi connectivity index (χ0v) is 12.3. The topological polar surface area (TPSA) is 37.4 Å². The van der Waals surface area contributed by atoms with Gasteiger partial charge in [0.15, 0.2) is 5.82 Å². The van der Waals surface area contributed by atoms with Crippen molar-refractivity contribution >= 4 is 21.6 Å². The fraction of sp³-hybridized carbons (Fsp3) is 0.455. The van der Waals surface area contributed by atoms with Crippen LogP contribution in [0.15, 0.2) is 17.0 Å². The normalized spacial score (nSPS) is 13.0. The van der Waals surface area contributed by atoms with E-state index in [4.69, 9.17) is 11.6 Å². The molecule has 1 aromatic rings. The molecule has 0 aliphatic rings. The molecular weight excluding hydrogens is 341 g/mol. The second-order valence-corrected chi connectivity index (χ2v) is 6.44. The van der Waals surface area contributed by atoms with E-state index in [0.29, 0.717) is 16.4 Å². The van der Waals surface area contributed by atoms with Crippen LogP contribution in [0.2, 0.25) is 0 Å². The highest BCUT2D eigenvalue weighted by Crippen LogP contribution is 2.26. The molecule has 0 aromatic heterocycles. The van der Waals surface area contributed by atoms with Gasteiger partial charge in [0.05, 0.1) is 12.3 Å². The Bertz CT molecular complexity index is 618. The summed E-state index contributed by atoms with van der Waals surface area (Å²) in [5, 5.41) is 0. The molecule has 120 valence electrons. The zero-order valence-electron chi connectivity index (χ0n) is 10.7. The van der Waals surface area contributed by atoms with Crippen molar-refractivity contribution in [1.82, 2.24) is 4.31 Å². The summed E-state index contributed by atoms with van der Waals surface area (Å²) >= 11 is 5.32. The van der Waals surface area contributed by atoms with Crippen molar-refractivity contribution in [2.45, 2.75) is 23.4 Å². The molecule has 0 radical (unpaired) electrons. The van der Waals surface area contributed by atoms with E-state index in [1.807, 2.05) is 0 Å². The molecular formula is C11H11ClF5NO2S. The largest absolute Gasteiger partial charge is 0.390 e. The van der Waals surface area contributed by atoms with Gasteiger partial charge in [-0.3, -0.25) is 0 Å². The highest BCUT2D eigenvalue weighted by Gasteiger charge is 2.32. The third-order valence-electron chi connectivity index (χ3n) is 2.68. The van der Waals surface area contributed by atoms with Crippen molar-refractivity contribution in [3.05, 3.63) is 29.3 Å². The molecule has 0 heterocycles. The van der Waals surface area contributed by atoms with Gasteiger partial charge in [-0.15, -0.1) is 11.6 Å². The fourth-order valence-electron chi connectivity index (χ4n) is 1.47. The molecule has 0 saturated heterocycles. The Morgan fingerprint density at radius 1 is 1.24 bits per heavy atom. The van der Waals surface area contributed by atoms with Crippen molar-refractivity contribution in [2.75, 3.05) is 13.6 Å². The van der Waals surface area contributed by atoms with Crippen LogP contribution in [0.4, 0.5) is 22.0 Å². The highest BCUT2D eigenvalue weighted by atomic mass is 35.5. The average molecular weight is 352 g/mol. The Hall–Kier alpha value is -0.930. The van der Waals surface area contributed by atoms with Gasteiger partial charge in [0.1, 0.15) is 10.7 Å². The molecule has 0 atom stereocenters. The Morgan fingerprint density at radius 2 is 1.81 bits per heavy atom. The predicted molar refractivity (Wildman–Crippen MR) is 66.4 cm³/mol. The van der Waals surface area contributed by atoms with E-state index in [2.05, 4.69) is 0 Å². The van der Waals surface area contributed by atoms with E-state index in [9.17, 15) is 30.4 Å². The summed E-state index contributed by atoms with van der Waals surface area (Å²) < 4.78 is 87.8. The average Bonchev–Trinajstić information content (AvgIpc) is 2.35. The second kappa shape index (κ2) is 6.45. The molecule has 1 rings (SSSR count). The number of benzene rings is 1. The lowest BCUT2D eigenvalue weighted by Gasteiger charge is -2.19. The quantitative estimate of drug-likeness (QED) is 0.603. The molecule has 0 amide bonds. The number of rotatable bonds is 5. The van der Waals surface area contributed by atoms with Crippen LogP contribution in [0.5, 0.6) is 0 Å². The van der Waals surface area contributed by atoms with E-state index in [1.165, 1.54) is 0 Å². The van der Waals surface area contributed by atoms with Crippen LogP contribution in [0.25, 0.3) is 0 Å². The molecule has 10 heteroatoms. The first kappa shape index (κ1) is 18.1. The number of alkyl halides is 4. The van der Waals surface area contributed by atoms with Crippen LogP contribution in [0, 0.1) is 11.6 Å². The first-order chi connectivity index (χ1) is 9.50. The fourth-order valence-corrected chi connectivity index (χ4v) is 2.97. The summed E-state index contributed by atoms with van der Waals surface area (Å²) in [7, 11) is -3.63. The molecule has 0 spiro atoms. The number of halogens is 6. The van der Waals surface area contributed by atoms with Gasteiger partial charge in [0.2, 0.25) is 10.0 Å². The summed E-state index contributed by atoms with van der Waals surface area (Å²) in [5.74, 6) is -3.03. The summed E-state index contributed by atoms with van der Waals surface area (Å²) in [6.45, 7) is -0.876. The first-order valence-electron chi connectivity index (χ1n) is 5.56. The van der Waals surface area contributed by atoms with Gasteiger partial charge < -0.3 is 0 Å². The maximum Gasteiger partial charge on any atom is 0.390 e. The van der Waals surface area contributed by atoms with Gasteiger partial charge in [-0.2, -0.15) is 13.2 Å². The summed E-state index contributed by atoms with van der Waals surface area (Å²) in [6.07, 6.45) is -5.93. The van der Waals surface area contributed by atoms with Crippen LogP contribution in [-0.4, -0.2) is 32.5 Å². The van der Waals surface area contributed by atoms with Crippen molar-refractivity contribution in [2.24, 2.45) is 0 Å². The Labute approximate surface area is 123 Å². The molecule has 0 fully saturated rings. The number of sulfonamides is 1.